The number of piperidine rings is 1. The Balaban J connectivity index is 1.18. The molecular weight excluding hydrogens is 608 g/mol. The molecule has 1 fully saturated rings. The van der Waals surface area contributed by atoms with Gasteiger partial charge in [0.25, 0.3) is 5.91 Å². The molecule has 0 saturated carbocycles. The van der Waals surface area contributed by atoms with Gasteiger partial charge in [0.05, 0.1) is 19.3 Å². The average molecular weight is 647 g/mol. The molecule has 0 bridgehead atoms. The Bertz CT molecular complexity index is 1800. The number of nitrogens with zero attached hydrogens (tertiary/aromatic N) is 3. The number of alkyl halides is 1. The predicted molar refractivity (Wildman–Crippen MR) is 178 cm³/mol. The molecule has 2 N–H and O–H groups in total. The zero-order valence-corrected chi connectivity index (χ0v) is 27.1. The zero-order valence-electron chi connectivity index (χ0n) is 26.3. The van der Waals surface area contributed by atoms with Crippen LogP contribution < -0.4 is 14.4 Å². The molecule has 10 nitrogen and oxygen atoms in total. The van der Waals surface area contributed by atoms with E-state index in [0.29, 0.717) is 53.7 Å². The topological polar surface area (TPSA) is 115 Å². The van der Waals surface area contributed by atoms with Crippen molar-refractivity contribution in [2.45, 2.75) is 32.1 Å². The Morgan fingerprint density at radius 2 is 1.87 bits per heavy atom. The number of aromatic amines is 1. The molecule has 46 heavy (non-hydrogen) atoms. The van der Waals surface area contributed by atoms with Gasteiger partial charge in [0.2, 0.25) is 12.3 Å². The molecular formula is C35H39ClN4O6. The fourth-order valence-corrected chi connectivity index (χ4v) is 6.96. The lowest BCUT2D eigenvalue weighted by Gasteiger charge is -2.38. The molecule has 6 rings (SSSR count). The van der Waals surface area contributed by atoms with Crippen LogP contribution in [0, 0.1) is 5.41 Å². The van der Waals surface area contributed by atoms with E-state index in [2.05, 4.69) is 23.9 Å². The van der Waals surface area contributed by atoms with Crippen LogP contribution in [0.5, 0.6) is 17.2 Å². The summed E-state index contributed by atoms with van der Waals surface area (Å²) in [5.41, 5.74) is 2.51. The second-order valence-electron chi connectivity index (χ2n) is 12.7. The Labute approximate surface area is 272 Å². The van der Waals surface area contributed by atoms with Gasteiger partial charge in [-0.25, -0.2) is 0 Å². The maximum Gasteiger partial charge on any atom is 0.274 e. The molecule has 0 spiro atoms. The average Bonchev–Trinajstić information content (AvgIpc) is 3.65. The third-order valence-corrected chi connectivity index (χ3v) is 9.89. The van der Waals surface area contributed by atoms with E-state index in [1.807, 2.05) is 24.3 Å². The fraction of sp³-hybridized carbons (Fsp3) is 0.400. The minimum atomic E-state index is -0.250. The standard InChI is InChI=1S/C35H39ClN4O6/c1-35(8-10-38(2)11-9-35)18-32(43)39(21-41)12-13-46-31-15-22-14-27(37-26(22)16-30(31)45-3)34(44)40-20-23(19-36)33-25-7-5-4-6-24(25)29(42)17-28(33)40/h4-7,14-17,21,23,37,42H,8-13,18-20H2,1-3H3/t23-/m1/s1. The number of aromatic nitrogens is 1. The van der Waals surface area contributed by atoms with E-state index in [0.717, 1.165) is 47.7 Å². The monoisotopic (exact) mass is 646 g/mol. The van der Waals surface area contributed by atoms with E-state index >= 15 is 0 Å². The minimum absolute atomic E-state index is 0.0827. The molecule has 0 unspecified atom stereocenters. The largest absolute Gasteiger partial charge is 0.507 e. The Hall–Kier alpha value is -4.28. The number of carbonyl (C=O) groups excluding carboxylic acids is 3. The van der Waals surface area contributed by atoms with Crippen molar-refractivity contribution in [1.29, 1.82) is 0 Å². The van der Waals surface area contributed by atoms with Gasteiger partial charge >= 0.3 is 0 Å². The number of carbonyl (C=O) groups is 3. The molecule has 1 atom stereocenters. The van der Waals surface area contributed by atoms with Gasteiger partial charge in [-0.3, -0.25) is 19.3 Å². The van der Waals surface area contributed by atoms with Crippen LogP contribution >= 0.6 is 11.6 Å². The number of nitrogens with one attached hydrogen (secondary N) is 1. The summed E-state index contributed by atoms with van der Waals surface area (Å²) in [6.07, 6.45) is 2.71. The van der Waals surface area contributed by atoms with Crippen molar-refractivity contribution in [3.8, 4) is 17.2 Å². The number of aromatic hydroxyl groups is 1. The van der Waals surface area contributed by atoms with Crippen molar-refractivity contribution in [3.63, 3.8) is 0 Å². The molecule has 242 valence electrons. The van der Waals surface area contributed by atoms with Crippen molar-refractivity contribution in [2.24, 2.45) is 5.41 Å². The van der Waals surface area contributed by atoms with Crippen LogP contribution in [0.4, 0.5) is 5.69 Å². The van der Waals surface area contributed by atoms with Gasteiger partial charge < -0.3 is 29.4 Å². The number of phenolic OH excluding ortho intramolecular Hbond substituents is 1. The molecule has 2 aliphatic heterocycles. The highest BCUT2D eigenvalue weighted by molar-refractivity contribution is 6.19. The first-order valence-electron chi connectivity index (χ1n) is 15.5. The molecule has 3 aromatic carbocycles. The van der Waals surface area contributed by atoms with E-state index in [4.69, 9.17) is 21.1 Å². The van der Waals surface area contributed by atoms with Gasteiger partial charge in [-0.05, 0) is 61.5 Å². The second kappa shape index (κ2) is 12.8. The first-order chi connectivity index (χ1) is 22.1. The quantitative estimate of drug-likeness (QED) is 0.173. The first-order valence-corrected chi connectivity index (χ1v) is 16.1. The number of anilines is 1. The van der Waals surface area contributed by atoms with Crippen LogP contribution in [0.2, 0.25) is 0 Å². The van der Waals surface area contributed by atoms with Gasteiger partial charge in [0.1, 0.15) is 18.1 Å². The normalized spacial score (nSPS) is 17.7. The van der Waals surface area contributed by atoms with Crippen molar-refractivity contribution in [2.75, 3.05) is 57.7 Å². The number of amides is 3. The third-order valence-electron chi connectivity index (χ3n) is 9.52. The lowest BCUT2D eigenvalue weighted by atomic mass is 9.77. The van der Waals surface area contributed by atoms with Crippen molar-refractivity contribution in [1.82, 2.24) is 14.8 Å². The van der Waals surface area contributed by atoms with E-state index in [1.165, 1.54) is 12.0 Å². The number of hydrogen-bond donors (Lipinski definition) is 2. The van der Waals surface area contributed by atoms with Crippen LogP contribution in [0.25, 0.3) is 21.7 Å². The highest BCUT2D eigenvalue weighted by Crippen LogP contribution is 2.46. The molecule has 0 radical (unpaired) electrons. The Morgan fingerprint density at radius 3 is 2.57 bits per heavy atom. The maximum absolute atomic E-state index is 13.9. The van der Waals surface area contributed by atoms with Gasteiger partial charge in [-0.15, -0.1) is 11.6 Å². The molecule has 11 heteroatoms. The van der Waals surface area contributed by atoms with Gasteiger partial charge in [0.15, 0.2) is 11.5 Å². The summed E-state index contributed by atoms with van der Waals surface area (Å²) < 4.78 is 11.6. The van der Waals surface area contributed by atoms with Crippen molar-refractivity contribution in [3.05, 3.63) is 59.8 Å². The molecule has 1 saturated heterocycles. The van der Waals surface area contributed by atoms with E-state index in [-0.39, 0.29) is 42.0 Å². The summed E-state index contributed by atoms with van der Waals surface area (Å²) in [6.45, 7) is 4.56. The second-order valence-corrected chi connectivity index (χ2v) is 13.1. The number of fused-ring (bicyclic) bond motifs is 4. The van der Waals surface area contributed by atoms with Crippen LogP contribution in [0.15, 0.2) is 48.5 Å². The number of benzene rings is 3. The lowest BCUT2D eigenvalue weighted by molar-refractivity contribution is -0.140. The molecule has 1 aromatic heterocycles. The number of phenols is 1. The number of ether oxygens (including phenoxy) is 2. The number of imide groups is 1. The summed E-state index contributed by atoms with van der Waals surface area (Å²) in [6, 6.07) is 14.5. The van der Waals surface area contributed by atoms with Gasteiger partial charge in [-0.1, -0.05) is 31.2 Å². The maximum atomic E-state index is 13.9. The van der Waals surface area contributed by atoms with Crippen molar-refractivity contribution < 1.29 is 29.0 Å². The minimum Gasteiger partial charge on any atom is -0.507 e. The number of halogens is 1. The van der Waals surface area contributed by atoms with E-state index < -0.39 is 0 Å². The SMILES string of the molecule is COc1cc2[nH]c(C(=O)N3C[C@@H](CCl)c4c3cc(O)c3ccccc43)cc2cc1OCCN(C=O)C(=O)CC1(C)CCN(C)CC1. The zero-order chi connectivity index (χ0) is 32.6. The Morgan fingerprint density at radius 1 is 1.13 bits per heavy atom. The molecule has 2 aliphatic rings. The first kappa shape index (κ1) is 31.7. The number of hydrogen-bond acceptors (Lipinski definition) is 7. The summed E-state index contributed by atoms with van der Waals surface area (Å²) in [4.78, 5) is 47.0. The van der Waals surface area contributed by atoms with Gasteiger partial charge in [-0.2, -0.15) is 0 Å². The van der Waals surface area contributed by atoms with Crippen LogP contribution in [-0.4, -0.2) is 90.9 Å². The molecule has 3 heterocycles. The van der Waals surface area contributed by atoms with Crippen LogP contribution in [0.3, 0.4) is 0 Å². The number of likely N-dealkylation sites (tertiary alicyclic amines) is 1. The fourth-order valence-electron chi connectivity index (χ4n) is 6.71. The molecule has 4 aromatic rings. The predicted octanol–water partition coefficient (Wildman–Crippen LogP) is 5.50. The highest BCUT2D eigenvalue weighted by atomic mass is 35.5. The number of rotatable bonds is 10. The molecule has 3 amide bonds. The summed E-state index contributed by atoms with van der Waals surface area (Å²) in [5.74, 6) is 0.778. The smallest absolute Gasteiger partial charge is 0.274 e. The summed E-state index contributed by atoms with van der Waals surface area (Å²) in [5, 5.41) is 13.1. The number of methoxy groups -OCH3 is 1. The number of H-pyrrole nitrogens is 1. The third kappa shape index (κ3) is 5.99. The lowest BCUT2D eigenvalue weighted by Crippen LogP contribution is -2.41. The van der Waals surface area contributed by atoms with Gasteiger partial charge in [0, 0.05) is 53.2 Å². The summed E-state index contributed by atoms with van der Waals surface area (Å²) >= 11 is 6.37. The Kier molecular flexibility index (Phi) is 8.85. The van der Waals surface area contributed by atoms with Crippen LogP contribution in [0.1, 0.15) is 48.2 Å². The highest BCUT2D eigenvalue weighted by Gasteiger charge is 2.36. The van der Waals surface area contributed by atoms with Crippen LogP contribution in [-0.2, 0) is 9.59 Å². The summed E-state index contributed by atoms with van der Waals surface area (Å²) in [7, 11) is 3.60. The van der Waals surface area contributed by atoms with E-state index in [1.54, 1.807) is 29.2 Å². The van der Waals surface area contributed by atoms with Crippen molar-refractivity contribution >= 4 is 57.2 Å². The van der Waals surface area contributed by atoms with E-state index in [9.17, 15) is 19.5 Å². The molecule has 0 aliphatic carbocycles.